The summed E-state index contributed by atoms with van der Waals surface area (Å²) in [6, 6.07) is 15.0. The first-order valence-corrected chi connectivity index (χ1v) is 11.2. The minimum Gasteiger partial charge on any atom is -0.494 e. The summed E-state index contributed by atoms with van der Waals surface area (Å²) in [6.45, 7) is -0.0924. The number of hydrogen-bond acceptors (Lipinski definition) is 2. The highest BCUT2D eigenvalue weighted by Gasteiger charge is 2.25. The fourth-order valence-electron chi connectivity index (χ4n) is 4.55. The first kappa shape index (κ1) is 23.1. The first-order chi connectivity index (χ1) is 16.0. The lowest BCUT2D eigenvalue weighted by Crippen LogP contribution is -2.13. The zero-order valence-corrected chi connectivity index (χ0v) is 18.5. The summed E-state index contributed by atoms with van der Waals surface area (Å²) in [5.41, 5.74) is 2.73. The van der Waals surface area contributed by atoms with Gasteiger partial charge < -0.3 is 9.84 Å². The summed E-state index contributed by atoms with van der Waals surface area (Å²) < 4.78 is 48.7. The van der Waals surface area contributed by atoms with E-state index in [9.17, 15) is 13.2 Å². The highest BCUT2D eigenvalue weighted by molar-refractivity contribution is 5.65. The third-order valence-electron chi connectivity index (χ3n) is 6.51. The van der Waals surface area contributed by atoms with Crippen LogP contribution in [-0.2, 0) is 6.61 Å². The van der Waals surface area contributed by atoms with Crippen LogP contribution in [0.5, 0.6) is 5.75 Å². The van der Waals surface area contributed by atoms with Crippen LogP contribution in [-0.4, -0.2) is 12.2 Å². The Morgan fingerprint density at radius 2 is 1.64 bits per heavy atom. The van der Waals surface area contributed by atoms with Crippen molar-refractivity contribution in [2.45, 2.75) is 38.2 Å². The Kier molecular flexibility index (Phi) is 7.19. The van der Waals surface area contributed by atoms with E-state index in [1.165, 1.54) is 13.2 Å². The molecule has 4 rings (SSSR count). The van der Waals surface area contributed by atoms with Gasteiger partial charge in [-0.1, -0.05) is 54.6 Å². The lowest BCUT2D eigenvalue weighted by atomic mass is 9.78. The maximum Gasteiger partial charge on any atom is 0.166 e. The summed E-state index contributed by atoms with van der Waals surface area (Å²) in [5, 5.41) is 9.16. The average molecular weight is 453 g/mol. The summed E-state index contributed by atoms with van der Waals surface area (Å²) in [7, 11) is 1.43. The van der Waals surface area contributed by atoms with Crippen LogP contribution in [0.3, 0.4) is 0 Å². The van der Waals surface area contributed by atoms with Crippen molar-refractivity contribution >= 4 is 6.08 Å². The number of aliphatic hydroxyl groups excluding tert-OH is 1. The second kappa shape index (κ2) is 10.3. The van der Waals surface area contributed by atoms with E-state index in [0.717, 1.165) is 36.8 Å². The quantitative estimate of drug-likeness (QED) is 0.427. The van der Waals surface area contributed by atoms with Gasteiger partial charge in [-0.05, 0) is 71.9 Å². The van der Waals surface area contributed by atoms with Gasteiger partial charge >= 0.3 is 0 Å². The highest BCUT2D eigenvalue weighted by atomic mass is 19.2. The largest absolute Gasteiger partial charge is 0.494 e. The maximum absolute atomic E-state index is 15.0. The molecule has 5 heteroatoms. The number of allylic oxidation sites excluding steroid dienone is 1. The summed E-state index contributed by atoms with van der Waals surface area (Å²) in [4.78, 5) is 0. The minimum atomic E-state index is -0.826. The van der Waals surface area contributed by atoms with E-state index in [0.29, 0.717) is 17.0 Å². The first-order valence-electron chi connectivity index (χ1n) is 11.2. The molecule has 0 saturated heterocycles. The van der Waals surface area contributed by atoms with Crippen LogP contribution in [0, 0.1) is 23.4 Å². The van der Waals surface area contributed by atoms with Crippen molar-refractivity contribution in [1.29, 1.82) is 0 Å². The van der Waals surface area contributed by atoms with Crippen molar-refractivity contribution in [2.75, 3.05) is 7.11 Å². The summed E-state index contributed by atoms with van der Waals surface area (Å²) in [5.74, 6) is -1.47. The van der Waals surface area contributed by atoms with E-state index in [-0.39, 0.29) is 23.8 Å². The molecular weight excluding hydrogens is 425 g/mol. The molecule has 1 N–H and O–H groups in total. The predicted molar refractivity (Wildman–Crippen MR) is 124 cm³/mol. The summed E-state index contributed by atoms with van der Waals surface area (Å²) >= 11 is 0. The van der Waals surface area contributed by atoms with Gasteiger partial charge in [0, 0.05) is 5.56 Å². The predicted octanol–water partition coefficient (Wildman–Crippen LogP) is 7.26. The third kappa shape index (κ3) is 5.14. The monoisotopic (exact) mass is 452 g/mol. The number of benzene rings is 3. The number of hydrogen-bond donors (Lipinski definition) is 1. The highest BCUT2D eigenvalue weighted by Crippen LogP contribution is 2.39. The van der Waals surface area contributed by atoms with E-state index < -0.39 is 17.5 Å². The van der Waals surface area contributed by atoms with Crippen molar-refractivity contribution in [3.8, 4) is 16.9 Å². The number of methoxy groups -OCH3 is 1. The molecule has 0 spiro atoms. The lowest BCUT2D eigenvalue weighted by molar-refractivity contribution is 0.282. The second-order valence-electron chi connectivity index (χ2n) is 8.55. The van der Waals surface area contributed by atoms with Gasteiger partial charge in [0.05, 0.1) is 13.7 Å². The minimum absolute atomic E-state index is 0.0200. The molecule has 33 heavy (non-hydrogen) atoms. The smallest absolute Gasteiger partial charge is 0.166 e. The van der Waals surface area contributed by atoms with Crippen molar-refractivity contribution in [1.82, 2.24) is 0 Å². The zero-order valence-electron chi connectivity index (χ0n) is 18.5. The molecule has 0 atom stereocenters. The number of rotatable bonds is 6. The summed E-state index contributed by atoms with van der Waals surface area (Å²) in [6.07, 6.45) is 7.26. The molecule has 0 aliphatic heterocycles. The average Bonchev–Trinajstić information content (AvgIpc) is 2.85. The van der Waals surface area contributed by atoms with E-state index in [4.69, 9.17) is 9.84 Å². The van der Waals surface area contributed by atoms with Gasteiger partial charge in [-0.2, -0.15) is 0 Å². The molecule has 3 aromatic rings. The molecule has 0 unspecified atom stereocenters. The van der Waals surface area contributed by atoms with Crippen LogP contribution < -0.4 is 4.74 Å². The van der Waals surface area contributed by atoms with Crippen LogP contribution in [0.25, 0.3) is 17.2 Å². The number of ether oxygens (including phenoxy) is 1. The Hall–Kier alpha value is -3.05. The normalized spacial score (nSPS) is 18.6. The molecule has 1 saturated carbocycles. The molecule has 3 aromatic carbocycles. The molecule has 0 heterocycles. The van der Waals surface area contributed by atoms with E-state index in [1.54, 1.807) is 48.5 Å². The maximum atomic E-state index is 15.0. The molecule has 0 aromatic heterocycles. The number of aliphatic hydroxyl groups is 1. The molecule has 1 aliphatic carbocycles. The Morgan fingerprint density at radius 1 is 0.909 bits per heavy atom. The van der Waals surface area contributed by atoms with Gasteiger partial charge in [-0.25, -0.2) is 13.2 Å². The van der Waals surface area contributed by atoms with Crippen molar-refractivity contribution in [2.24, 2.45) is 5.92 Å². The Bertz CT molecular complexity index is 1130. The molecule has 0 bridgehead atoms. The van der Waals surface area contributed by atoms with Crippen LogP contribution in [0.1, 0.15) is 48.3 Å². The number of halogens is 3. The van der Waals surface area contributed by atoms with Gasteiger partial charge in [0.15, 0.2) is 23.2 Å². The Balaban J connectivity index is 1.42. The van der Waals surface area contributed by atoms with Crippen LogP contribution in [0.4, 0.5) is 13.2 Å². The molecule has 0 amide bonds. The SMILES string of the molecule is COc1ccc(C=CC2CCC(c3ccc(-c4ccc(CO)cc4)c(F)c3F)CC2)cc1F. The topological polar surface area (TPSA) is 29.5 Å². The van der Waals surface area contributed by atoms with Gasteiger partial charge in [-0.3, -0.25) is 0 Å². The molecule has 1 fully saturated rings. The Labute approximate surface area is 192 Å². The third-order valence-corrected chi connectivity index (χ3v) is 6.51. The van der Waals surface area contributed by atoms with Crippen LogP contribution >= 0.6 is 0 Å². The van der Waals surface area contributed by atoms with Crippen molar-refractivity contribution < 1.29 is 23.0 Å². The second-order valence-corrected chi connectivity index (χ2v) is 8.55. The van der Waals surface area contributed by atoms with Crippen LogP contribution in [0.15, 0.2) is 60.7 Å². The molecule has 172 valence electrons. The van der Waals surface area contributed by atoms with Gasteiger partial charge in [0.2, 0.25) is 0 Å². The molecular formula is C28H27F3O2. The zero-order chi connectivity index (χ0) is 23.4. The molecule has 2 nitrogen and oxygen atoms in total. The van der Waals surface area contributed by atoms with E-state index in [2.05, 4.69) is 6.08 Å². The standard InChI is InChI=1S/C28H27F3O2/c1-33-26-15-8-19(16-25(26)29)3-2-18-4-9-21(10-5-18)23-13-14-24(28(31)27(23)30)22-11-6-20(17-32)7-12-22/h2-3,6-8,11-16,18,21,32H,4-5,9-10,17H2,1H3. The fourth-order valence-corrected chi connectivity index (χ4v) is 4.55. The lowest BCUT2D eigenvalue weighted by Gasteiger charge is -2.27. The van der Waals surface area contributed by atoms with E-state index >= 15 is 0 Å². The van der Waals surface area contributed by atoms with Gasteiger partial charge in [0.25, 0.3) is 0 Å². The van der Waals surface area contributed by atoms with E-state index in [1.807, 2.05) is 6.08 Å². The van der Waals surface area contributed by atoms with Gasteiger partial charge in [-0.15, -0.1) is 0 Å². The van der Waals surface area contributed by atoms with Crippen molar-refractivity contribution in [3.63, 3.8) is 0 Å². The molecule has 0 radical (unpaired) electrons. The fraction of sp³-hybridized carbons (Fsp3) is 0.286. The van der Waals surface area contributed by atoms with Gasteiger partial charge in [0.1, 0.15) is 0 Å². The van der Waals surface area contributed by atoms with Crippen LogP contribution in [0.2, 0.25) is 0 Å². The Morgan fingerprint density at radius 3 is 2.27 bits per heavy atom. The van der Waals surface area contributed by atoms with Crippen molar-refractivity contribution in [3.05, 3.63) is 94.8 Å². The molecule has 1 aliphatic rings.